The fourth-order valence-corrected chi connectivity index (χ4v) is 0.714. The predicted molar refractivity (Wildman–Crippen MR) is 47.6 cm³/mol. The maximum atomic E-state index is 7.50. The van der Waals surface area contributed by atoms with Gasteiger partial charge in [0.2, 0.25) is 0 Å². The Labute approximate surface area is 101 Å². The van der Waals surface area contributed by atoms with E-state index in [0.717, 1.165) is 6.42 Å². The van der Waals surface area contributed by atoms with Gasteiger partial charge in [-0.1, -0.05) is 37.3 Å². The first-order valence-electron chi connectivity index (χ1n) is 3.58. The Morgan fingerprint density at radius 1 is 0.867 bits per heavy atom. The Bertz CT molecular complexity index is 237. The summed E-state index contributed by atoms with van der Waals surface area (Å²) in [6, 6.07) is 10.5. The van der Waals surface area contributed by atoms with Gasteiger partial charge in [0.05, 0.1) is 0 Å². The molecule has 0 bridgehead atoms. The molecule has 0 N–H and O–H groups in total. The van der Waals surface area contributed by atoms with Crippen molar-refractivity contribution in [3.05, 3.63) is 55.8 Å². The predicted octanol–water partition coefficient (Wildman–Crippen LogP) is 2.13. The molecule has 0 radical (unpaired) electrons. The number of hydrogen-bond donors (Lipinski definition) is 0. The van der Waals surface area contributed by atoms with Gasteiger partial charge in [-0.2, -0.15) is 0 Å². The topological polar surface area (TPSA) is 59.7 Å². The van der Waals surface area contributed by atoms with Crippen LogP contribution in [0, 0.1) is 20.0 Å². The van der Waals surface area contributed by atoms with Crippen LogP contribution < -0.4 is 0 Å². The van der Waals surface area contributed by atoms with Crippen LogP contribution in [0.1, 0.15) is 12.5 Å². The van der Waals surface area contributed by atoms with Crippen molar-refractivity contribution >= 4 is 0 Å². The number of rotatable bonds is 1. The zero-order valence-corrected chi connectivity index (χ0v) is 9.50. The van der Waals surface area contributed by atoms with Crippen molar-refractivity contribution in [2.45, 2.75) is 13.3 Å². The molecule has 0 saturated carbocycles. The molecule has 0 aliphatic heterocycles. The molecule has 78 valence electrons. The first-order valence-corrected chi connectivity index (χ1v) is 3.58. The molecule has 3 nitrogen and oxygen atoms in total. The van der Waals surface area contributed by atoms with E-state index in [1.165, 1.54) is 5.56 Å². The minimum absolute atomic E-state index is 0. The summed E-state index contributed by atoms with van der Waals surface area (Å²) in [6.45, 7) is 15.7. The summed E-state index contributed by atoms with van der Waals surface area (Å²) in [5, 5.41) is 0. The quantitative estimate of drug-likeness (QED) is 0.535. The van der Waals surface area contributed by atoms with Crippen molar-refractivity contribution in [2.75, 3.05) is 0 Å². The van der Waals surface area contributed by atoms with Crippen LogP contribution in [0.3, 0.4) is 0 Å². The first-order chi connectivity index (χ1) is 6.93. The summed E-state index contributed by atoms with van der Waals surface area (Å²) in [6.07, 6.45) is 1.14. The van der Waals surface area contributed by atoms with Crippen LogP contribution in [0.2, 0.25) is 0 Å². The molecule has 1 aromatic carbocycles. The Hall–Kier alpha value is -1.03. The van der Waals surface area contributed by atoms with Gasteiger partial charge in [-0.3, -0.25) is 0 Å². The summed E-state index contributed by atoms with van der Waals surface area (Å²) >= 11 is 0. The van der Waals surface area contributed by atoms with Crippen LogP contribution in [0.5, 0.6) is 0 Å². The van der Waals surface area contributed by atoms with Gasteiger partial charge in [-0.25, -0.2) is 0 Å². The molecule has 0 fully saturated rings. The maximum absolute atomic E-state index is 7.50. The van der Waals surface area contributed by atoms with Gasteiger partial charge in [0.1, 0.15) is 0 Å². The molecule has 0 spiro atoms. The molecule has 0 aliphatic rings. The van der Waals surface area contributed by atoms with E-state index in [-0.39, 0.29) is 17.4 Å². The van der Waals surface area contributed by atoms with Crippen molar-refractivity contribution in [3.63, 3.8) is 0 Å². The number of hydrogen-bond acceptors (Lipinski definition) is 0. The molecule has 1 aromatic rings. The summed E-state index contributed by atoms with van der Waals surface area (Å²) in [7, 11) is 0. The van der Waals surface area contributed by atoms with Gasteiger partial charge >= 0.3 is 33.9 Å². The molecule has 0 aliphatic carbocycles. The van der Waals surface area contributed by atoms with E-state index < -0.39 is 0 Å². The first kappa shape index (κ1) is 23.6. The number of aryl methyl sites for hydroxylation is 1. The SMILES string of the molecule is CCc1ccccc1.[C-]#[O+].[C-]#[O+].[C-]#[O+].[Cr]. The third-order valence-corrected chi connectivity index (χ3v) is 1.25. The zero-order valence-electron chi connectivity index (χ0n) is 8.23. The standard InChI is InChI=1S/C8H10.3CO.Cr/c1-2-8-6-4-3-5-7-8;3*1-2;/h3-7H,2H2,1H3;;;;. The molecule has 0 aromatic heterocycles. The van der Waals surface area contributed by atoms with E-state index in [0.29, 0.717) is 0 Å². The van der Waals surface area contributed by atoms with E-state index in [2.05, 4.69) is 51.1 Å². The monoisotopic (exact) mass is 242 g/mol. The number of benzene rings is 1. The molecule has 1 rings (SSSR count). The van der Waals surface area contributed by atoms with Crippen molar-refractivity contribution in [3.8, 4) is 0 Å². The van der Waals surface area contributed by atoms with Crippen LogP contribution in [0.25, 0.3) is 0 Å². The van der Waals surface area contributed by atoms with Crippen molar-refractivity contribution in [2.24, 2.45) is 0 Å². The van der Waals surface area contributed by atoms with Gasteiger partial charge in [0, 0.05) is 17.4 Å². The molecule has 0 heterocycles. The zero-order chi connectivity index (χ0) is 11.8. The molecular weight excluding hydrogens is 232 g/mol. The van der Waals surface area contributed by atoms with Crippen LogP contribution in [-0.2, 0) is 37.7 Å². The largest absolute Gasteiger partial charge is 0 e. The van der Waals surface area contributed by atoms with E-state index in [4.69, 9.17) is 14.0 Å². The Morgan fingerprint density at radius 3 is 1.40 bits per heavy atom. The molecule has 4 heteroatoms. The summed E-state index contributed by atoms with van der Waals surface area (Å²) in [4.78, 5) is 0. The summed E-state index contributed by atoms with van der Waals surface area (Å²) in [5.74, 6) is 0. The second-order valence-corrected chi connectivity index (χ2v) is 1.84. The van der Waals surface area contributed by atoms with Gasteiger partial charge in [0.15, 0.2) is 0 Å². The molecule has 0 atom stereocenters. The second-order valence-electron chi connectivity index (χ2n) is 1.84. The summed E-state index contributed by atoms with van der Waals surface area (Å²) in [5.41, 5.74) is 1.41. The van der Waals surface area contributed by atoms with Crippen molar-refractivity contribution in [1.29, 1.82) is 0 Å². The smallest absolute Gasteiger partial charge is 0 e. The molecular formula is C11H10CrO3. The molecule has 0 amide bonds. The van der Waals surface area contributed by atoms with Crippen LogP contribution in [0.15, 0.2) is 30.3 Å². The maximum Gasteiger partial charge on any atom is 0 e. The van der Waals surface area contributed by atoms with Gasteiger partial charge in [0.25, 0.3) is 0 Å². The van der Waals surface area contributed by atoms with E-state index in [1.54, 1.807) is 0 Å². The minimum Gasteiger partial charge on any atom is 0 e. The average molecular weight is 242 g/mol. The average Bonchev–Trinajstić information content (AvgIpc) is 2.37. The molecule has 15 heavy (non-hydrogen) atoms. The normalized spacial score (nSPS) is 5.27. The van der Waals surface area contributed by atoms with Crippen LogP contribution in [0.4, 0.5) is 0 Å². The van der Waals surface area contributed by atoms with Crippen LogP contribution >= 0.6 is 0 Å². The van der Waals surface area contributed by atoms with E-state index >= 15 is 0 Å². The van der Waals surface area contributed by atoms with Crippen LogP contribution in [-0.4, -0.2) is 0 Å². The second kappa shape index (κ2) is 29.3. The van der Waals surface area contributed by atoms with Gasteiger partial charge < -0.3 is 0 Å². The third kappa shape index (κ3) is 19.4. The Morgan fingerprint density at radius 2 is 1.20 bits per heavy atom. The van der Waals surface area contributed by atoms with Crippen molar-refractivity contribution < 1.29 is 31.3 Å². The fraction of sp³-hybridized carbons (Fsp3) is 0.182. The fourth-order valence-electron chi connectivity index (χ4n) is 0.714. The minimum atomic E-state index is 0. The summed E-state index contributed by atoms with van der Waals surface area (Å²) < 4.78 is 22.5. The Balaban J connectivity index is -0.0000000755. The molecule has 0 unspecified atom stereocenters. The molecule has 0 saturated heterocycles. The van der Waals surface area contributed by atoms with Gasteiger partial charge in [-0.15, -0.1) is 0 Å². The Kier molecular flexibility index (Phi) is 46.1. The van der Waals surface area contributed by atoms with E-state index in [1.807, 2.05) is 6.07 Å². The van der Waals surface area contributed by atoms with E-state index in [9.17, 15) is 0 Å². The van der Waals surface area contributed by atoms with Gasteiger partial charge in [-0.05, 0) is 12.0 Å². The third-order valence-electron chi connectivity index (χ3n) is 1.25. The van der Waals surface area contributed by atoms with Crippen molar-refractivity contribution in [1.82, 2.24) is 0 Å².